The number of ether oxygens (including phenoxy) is 2. The van der Waals surface area contributed by atoms with Crippen molar-refractivity contribution in [1.29, 1.82) is 0 Å². The lowest BCUT2D eigenvalue weighted by atomic mass is 10.3. The Morgan fingerprint density at radius 1 is 0.800 bits per heavy atom. The summed E-state index contributed by atoms with van der Waals surface area (Å²) in [5.41, 5.74) is 0. The topological polar surface area (TPSA) is 31.4 Å². The number of nitrogens with zero attached hydrogens (tertiary/aromatic N) is 1. The molecule has 0 spiro atoms. The van der Waals surface area contributed by atoms with Crippen LogP contribution in [-0.4, -0.2) is 4.98 Å². The predicted octanol–water partition coefficient (Wildman–Crippen LogP) is 5.33. The number of benzene rings is 2. The largest absolute Gasteiger partial charge is 0.457 e. The Hall–Kier alpha value is -1.60. The summed E-state index contributed by atoms with van der Waals surface area (Å²) in [4.78, 5) is 4.16. The van der Waals surface area contributed by atoms with Crippen molar-refractivity contribution in [2.75, 3.05) is 0 Å². The highest BCUT2D eigenvalue weighted by Crippen LogP contribution is 2.29. The summed E-state index contributed by atoms with van der Waals surface area (Å²) >= 11 is 3.73. The van der Waals surface area contributed by atoms with Gasteiger partial charge in [0.25, 0.3) is 5.19 Å². The zero-order chi connectivity index (χ0) is 13.8. The summed E-state index contributed by atoms with van der Waals surface area (Å²) < 4.78 is 12.5. The van der Waals surface area contributed by atoms with Gasteiger partial charge in [0, 0.05) is 0 Å². The smallest absolute Gasteiger partial charge is 0.279 e. The molecule has 0 aliphatic carbocycles. The molecule has 20 heavy (non-hydrogen) atoms. The molecule has 1 heterocycles. The van der Waals surface area contributed by atoms with Gasteiger partial charge in [-0.25, -0.2) is 4.98 Å². The molecule has 0 N–H and O–H groups in total. The van der Waals surface area contributed by atoms with E-state index in [0.717, 1.165) is 20.1 Å². The lowest BCUT2D eigenvalue weighted by molar-refractivity contribution is 0.467. The van der Waals surface area contributed by atoms with Crippen LogP contribution in [0.25, 0.3) is 0 Å². The zero-order valence-electron chi connectivity index (χ0n) is 10.3. The zero-order valence-corrected chi connectivity index (χ0v) is 13.3. The SMILES string of the molecule is Ic1cnc(Oc2ccc(Oc3ccccc3)cc2)s1. The van der Waals surface area contributed by atoms with Crippen molar-refractivity contribution in [2.45, 2.75) is 0 Å². The van der Waals surface area contributed by atoms with Crippen molar-refractivity contribution in [3.8, 4) is 22.4 Å². The van der Waals surface area contributed by atoms with E-state index < -0.39 is 0 Å². The van der Waals surface area contributed by atoms with Gasteiger partial charge in [-0.2, -0.15) is 0 Å². The molecule has 0 fully saturated rings. The van der Waals surface area contributed by atoms with Gasteiger partial charge < -0.3 is 9.47 Å². The molecule has 0 saturated carbocycles. The van der Waals surface area contributed by atoms with Gasteiger partial charge in [0.05, 0.1) is 9.08 Å². The molecule has 0 atom stereocenters. The van der Waals surface area contributed by atoms with Gasteiger partial charge in [0.15, 0.2) is 0 Å². The van der Waals surface area contributed by atoms with E-state index in [2.05, 4.69) is 27.6 Å². The summed E-state index contributed by atoms with van der Waals surface area (Å²) in [5.74, 6) is 2.34. The molecule has 0 saturated heterocycles. The van der Waals surface area contributed by atoms with Crippen LogP contribution in [0.4, 0.5) is 0 Å². The number of rotatable bonds is 4. The second kappa shape index (κ2) is 6.23. The molecule has 0 aliphatic rings. The third-order valence-corrected chi connectivity index (χ3v) is 4.07. The lowest BCUT2D eigenvalue weighted by Crippen LogP contribution is -1.85. The van der Waals surface area contributed by atoms with Crippen LogP contribution in [0.2, 0.25) is 0 Å². The molecule has 1 aromatic heterocycles. The minimum absolute atomic E-state index is 0.645. The minimum atomic E-state index is 0.645. The summed E-state index contributed by atoms with van der Waals surface area (Å²) in [7, 11) is 0. The fourth-order valence-corrected chi connectivity index (χ4v) is 2.81. The average molecular weight is 395 g/mol. The Morgan fingerprint density at radius 3 is 2.00 bits per heavy atom. The second-order valence-electron chi connectivity index (χ2n) is 3.92. The van der Waals surface area contributed by atoms with E-state index in [1.54, 1.807) is 6.20 Å². The van der Waals surface area contributed by atoms with Gasteiger partial charge in [-0.1, -0.05) is 29.5 Å². The van der Waals surface area contributed by atoms with Crippen molar-refractivity contribution < 1.29 is 9.47 Å². The first kappa shape index (κ1) is 13.4. The molecule has 0 unspecified atom stereocenters. The van der Waals surface area contributed by atoms with Crippen molar-refractivity contribution in [1.82, 2.24) is 4.98 Å². The van der Waals surface area contributed by atoms with Crippen LogP contribution in [-0.2, 0) is 0 Å². The summed E-state index contributed by atoms with van der Waals surface area (Å²) in [5, 5.41) is 0.645. The molecule has 3 aromatic rings. The standard InChI is InChI=1S/C15H10INO2S/c16-14-10-17-15(20-14)19-13-8-6-12(7-9-13)18-11-4-2-1-3-5-11/h1-10H. The summed E-state index contributed by atoms with van der Waals surface area (Å²) in [6, 6.07) is 17.2. The van der Waals surface area contributed by atoms with Gasteiger partial charge in [0.1, 0.15) is 17.2 Å². The molecule has 0 aliphatic heterocycles. The molecular weight excluding hydrogens is 385 g/mol. The van der Waals surface area contributed by atoms with Crippen LogP contribution in [0.1, 0.15) is 0 Å². The Kier molecular flexibility index (Phi) is 4.17. The van der Waals surface area contributed by atoms with Gasteiger partial charge in [0.2, 0.25) is 0 Å². The number of aromatic nitrogens is 1. The van der Waals surface area contributed by atoms with E-state index >= 15 is 0 Å². The lowest BCUT2D eigenvalue weighted by Gasteiger charge is -2.06. The van der Waals surface area contributed by atoms with Gasteiger partial charge in [-0.15, -0.1) is 0 Å². The fourth-order valence-electron chi connectivity index (χ4n) is 1.59. The second-order valence-corrected chi connectivity index (χ2v) is 6.81. The number of para-hydroxylation sites is 1. The molecule has 2 aromatic carbocycles. The Labute approximate surface area is 134 Å². The van der Waals surface area contributed by atoms with Crippen LogP contribution in [0.5, 0.6) is 22.4 Å². The van der Waals surface area contributed by atoms with E-state index in [9.17, 15) is 0 Å². The quantitative estimate of drug-likeness (QED) is 0.560. The third-order valence-electron chi connectivity index (χ3n) is 2.46. The fraction of sp³-hybridized carbons (Fsp3) is 0. The van der Waals surface area contributed by atoms with E-state index in [1.165, 1.54) is 11.3 Å². The van der Waals surface area contributed by atoms with Crippen LogP contribution < -0.4 is 9.47 Å². The Balaban J connectivity index is 1.68. The number of halogens is 1. The highest BCUT2D eigenvalue weighted by Gasteiger charge is 2.03. The number of hydrogen-bond acceptors (Lipinski definition) is 4. The summed E-state index contributed by atoms with van der Waals surface area (Å²) in [6.45, 7) is 0. The van der Waals surface area contributed by atoms with E-state index in [0.29, 0.717) is 5.19 Å². The monoisotopic (exact) mass is 395 g/mol. The molecule has 0 radical (unpaired) electrons. The molecule has 5 heteroatoms. The first-order valence-electron chi connectivity index (χ1n) is 5.92. The first-order chi connectivity index (χ1) is 9.79. The van der Waals surface area contributed by atoms with Gasteiger partial charge in [-0.3, -0.25) is 0 Å². The maximum atomic E-state index is 5.72. The van der Waals surface area contributed by atoms with E-state index in [-0.39, 0.29) is 0 Å². The van der Waals surface area contributed by atoms with Crippen molar-refractivity contribution in [2.24, 2.45) is 0 Å². The first-order valence-corrected chi connectivity index (χ1v) is 7.81. The Morgan fingerprint density at radius 2 is 1.40 bits per heavy atom. The molecule has 0 amide bonds. The van der Waals surface area contributed by atoms with E-state index in [4.69, 9.17) is 9.47 Å². The third kappa shape index (κ3) is 3.49. The molecule has 100 valence electrons. The maximum Gasteiger partial charge on any atom is 0.279 e. The minimum Gasteiger partial charge on any atom is -0.457 e. The number of hydrogen-bond donors (Lipinski definition) is 0. The van der Waals surface area contributed by atoms with Crippen LogP contribution in [0.3, 0.4) is 0 Å². The Bertz CT molecular complexity index is 683. The van der Waals surface area contributed by atoms with Crippen molar-refractivity contribution in [3.05, 3.63) is 63.7 Å². The highest BCUT2D eigenvalue weighted by molar-refractivity contribution is 14.1. The molecule has 0 bridgehead atoms. The van der Waals surface area contributed by atoms with Crippen LogP contribution >= 0.6 is 33.9 Å². The molecule has 3 rings (SSSR count). The van der Waals surface area contributed by atoms with Crippen LogP contribution in [0, 0.1) is 2.88 Å². The van der Waals surface area contributed by atoms with Crippen LogP contribution in [0.15, 0.2) is 60.8 Å². The molecule has 3 nitrogen and oxygen atoms in total. The van der Waals surface area contributed by atoms with Crippen molar-refractivity contribution >= 4 is 33.9 Å². The average Bonchev–Trinajstić information content (AvgIpc) is 2.88. The van der Waals surface area contributed by atoms with Gasteiger partial charge in [-0.05, 0) is 59.0 Å². The van der Waals surface area contributed by atoms with Gasteiger partial charge >= 0.3 is 0 Å². The summed E-state index contributed by atoms with van der Waals surface area (Å²) in [6.07, 6.45) is 1.79. The maximum absolute atomic E-state index is 5.72. The molecular formula is C15H10INO2S. The highest BCUT2D eigenvalue weighted by atomic mass is 127. The normalized spacial score (nSPS) is 10.2. The van der Waals surface area contributed by atoms with Crippen molar-refractivity contribution in [3.63, 3.8) is 0 Å². The predicted molar refractivity (Wildman–Crippen MR) is 87.9 cm³/mol. The number of thiazole rings is 1. The van der Waals surface area contributed by atoms with E-state index in [1.807, 2.05) is 54.6 Å².